The number of methoxy groups -OCH3 is 1. The molecule has 0 radical (unpaired) electrons. The molecule has 0 spiro atoms. The molecule has 0 heterocycles. The van der Waals surface area contributed by atoms with Gasteiger partial charge in [0.25, 0.3) is 0 Å². The maximum absolute atomic E-state index is 5.76. The summed E-state index contributed by atoms with van der Waals surface area (Å²) in [6.45, 7) is 4.27. The molecule has 0 atom stereocenters. The second kappa shape index (κ2) is 7.58. The van der Waals surface area contributed by atoms with E-state index in [4.69, 9.17) is 10.5 Å². The Bertz CT molecular complexity index is 534. The molecule has 0 aliphatic heterocycles. The van der Waals surface area contributed by atoms with Gasteiger partial charge in [-0.1, -0.05) is 19.1 Å². The summed E-state index contributed by atoms with van der Waals surface area (Å²) in [7, 11) is 1.69. The summed E-state index contributed by atoms with van der Waals surface area (Å²) in [5, 5.41) is 0. The second-order valence-corrected chi connectivity index (χ2v) is 5.18. The fraction of sp³-hybridized carbons (Fsp3) is 0.333. The normalized spacial score (nSPS) is 10.4. The highest BCUT2D eigenvalue weighted by atomic mass is 16.5. The van der Waals surface area contributed by atoms with Crippen LogP contribution < -0.4 is 15.4 Å². The molecule has 0 saturated carbocycles. The highest BCUT2D eigenvalue weighted by Crippen LogP contribution is 2.18. The molecule has 0 aromatic heterocycles. The van der Waals surface area contributed by atoms with Gasteiger partial charge in [-0.25, -0.2) is 0 Å². The first-order valence-electron chi connectivity index (χ1n) is 7.46. The zero-order chi connectivity index (χ0) is 15.1. The van der Waals surface area contributed by atoms with Gasteiger partial charge in [0.15, 0.2) is 0 Å². The minimum Gasteiger partial charge on any atom is -0.497 e. The smallest absolute Gasteiger partial charge is 0.118 e. The molecule has 0 aliphatic rings. The van der Waals surface area contributed by atoms with Crippen molar-refractivity contribution in [3.63, 3.8) is 0 Å². The van der Waals surface area contributed by atoms with Crippen LogP contribution >= 0.6 is 0 Å². The Kier molecular flexibility index (Phi) is 5.50. The Balaban J connectivity index is 2.00. The van der Waals surface area contributed by atoms with Crippen molar-refractivity contribution in [1.29, 1.82) is 0 Å². The average molecular weight is 284 g/mol. The Morgan fingerprint density at radius 1 is 0.952 bits per heavy atom. The van der Waals surface area contributed by atoms with E-state index in [2.05, 4.69) is 36.1 Å². The van der Waals surface area contributed by atoms with Crippen molar-refractivity contribution in [1.82, 2.24) is 0 Å². The Hall–Kier alpha value is -2.16. The summed E-state index contributed by atoms with van der Waals surface area (Å²) in [4.78, 5) is 2.41. The number of nitrogen functional groups attached to an aromatic ring is 1. The lowest BCUT2D eigenvalue weighted by atomic mass is 10.1. The first-order chi connectivity index (χ1) is 10.2. The predicted octanol–water partition coefficient (Wildman–Crippen LogP) is 3.74. The Morgan fingerprint density at radius 2 is 1.62 bits per heavy atom. The van der Waals surface area contributed by atoms with Gasteiger partial charge in [-0.2, -0.15) is 0 Å². The van der Waals surface area contributed by atoms with E-state index in [1.807, 2.05) is 24.3 Å². The number of nitrogens with two attached hydrogens (primary N) is 1. The molecule has 3 heteroatoms. The topological polar surface area (TPSA) is 38.5 Å². The van der Waals surface area contributed by atoms with Crippen molar-refractivity contribution in [2.45, 2.75) is 19.8 Å². The van der Waals surface area contributed by atoms with Crippen LogP contribution in [0.1, 0.15) is 18.9 Å². The van der Waals surface area contributed by atoms with Crippen LogP contribution in [-0.4, -0.2) is 20.2 Å². The maximum Gasteiger partial charge on any atom is 0.118 e. The molecule has 2 rings (SSSR count). The van der Waals surface area contributed by atoms with Crippen LogP contribution in [0.2, 0.25) is 0 Å². The molecule has 0 amide bonds. The SMILES string of the molecule is CCCN(CCc1ccc(OC)cc1)c1ccc(N)cc1. The summed E-state index contributed by atoms with van der Waals surface area (Å²) in [6.07, 6.45) is 2.15. The summed E-state index contributed by atoms with van der Waals surface area (Å²) in [5.41, 5.74) is 9.14. The quantitative estimate of drug-likeness (QED) is 0.787. The first kappa shape index (κ1) is 15.2. The number of benzene rings is 2. The van der Waals surface area contributed by atoms with Crippen LogP contribution in [0.5, 0.6) is 5.75 Å². The lowest BCUT2D eigenvalue weighted by Crippen LogP contribution is -2.26. The van der Waals surface area contributed by atoms with Gasteiger partial charge >= 0.3 is 0 Å². The molecule has 2 N–H and O–H groups in total. The lowest BCUT2D eigenvalue weighted by Gasteiger charge is -2.24. The number of anilines is 2. The minimum absolute atomic E-state index is 0.811. The van der Waals surface area contributed by atoms with Gasteiger partial charge in [0.2, 0.25) is 0 Å². The van der Waals surface area contributed by atoms with Crippen LogP contribution in [0.15, 0.2) is 48.5 Å². The largest absolute Gasteiger partial charge is 0.497 e. The van der Waals surface area contributed by atoms with Gasteiger partial charge in [-0.3, -0.25) is 0 Å². The van der Waals surface area contributed by atoms with E-state index in [1.54, 1.807) is 7.11 Å². The third-order valence-corrected chi connectivity index (χ3v) is 3.58. The van der Waals surface area contributed by atoms with Crippen LogP contribution in [0.4, 0.5) is 11.4 Å². The van der Waals surface area contributed by atoms with Gasteiger partial charge < -0.3 is 15.4 Å². The van der Waals surface area contributed by atoms with E-state index < -0.39 is 0 Å². The fourth-order valence-electron chi connectivity index (χ4n) is 2.38. The Labute approximate surface area is 127 Å². The van der Waals surface area contributed by atoms with Crippen molar-refractivity contribution < 1.29 is 4.74 Å². The van der Waals surface area contributed by atoms with Crippen LogP contribution in [0, 0.1) is 0 Å². The summed E-state index contributed by atoms with van der Waals surface area (Å²) in [5.74, 6) is 0.905. The van der Waals surface area contributed by atoms with Gasteiger partial charge in [0, 0.05) is 24.5 Å². The monoisotopic (exact) mass is 284 g/mol. The van der Waals surface area contributed by atoms with E-state index in [-0.39, 0.29) is 0 Å². The fourth-order valence-corrected chi connectivity index (χ4v) is 2.38. The predicted molar refractivity (Wildman–Crippen MR) is 90.1 cm³/mol. The third-order valence-electron chi connectivity index (χ3n) is 3.58. The highest BCUT2D eigenvalue weighted by molar-refractivity contribution is 5.53. The Morgan fingerprint density at radius 3 is 2.19 bits per heavy atom. The number of nitrogens with zero attached hydrogens (tertiary/aromatic N) is 1. The van der Waals surface area contributed by atoms with Crippen molar-refractivity contribution >= 4 is 11.4 Å². The summed E-state index contributed by atoms with van der Waals surface area (Å²) < 4.78 is 5.19. The van der Waals surface area contributed by atoms with Gasteiger partial charge in [0.05, 0.1) is 7.11 Å². The molecule has 2 aromatic carbocycles. The zero-order valence-corrected chi connectivity index (χ0v) is 12.9. The van der Waals surface area contributed by atoms with Gasteiger partial charge in [0.1, 0.15) is 5.75 Å². The van der Waals surface area contributed by atoms with Crippen molar-refractivity contribution in [3.8, 4) is 5.75 Å². The number of hydrogen-bond donors (Lipinski definition) is 1. The number of hydrogen-bond acceptors (Lipinski definition) is 3. The average Bonchev–Trinajstić information content (AvgIpc) is 2.53. The molecule has 2 aromatic rings. The zero-order valence-electron chi connectivity index (χ0n) is 12.9. The molecule has 0 saturated heterocycles. The van der Waals surface area contributed by atoms with E-state index in [0.717, 1.165) is 37.4 Å². The van der Waals surface area contributed by atoms with E-state index >= 15 is 0 Å². The maximum atomic E-state index is 5.76. The summed E-state index contributed by atoms with van der Waals surface area (Å²) in [6, 6.07) is 16.4. The molecule has 112 valence electrons. The molecular formula is C18H24N2O. The molecule has 0 aliphatic carbocycles. The molecule has 0 fully saturated rings. The van der Waals surface area contributed by atoms with E-state index in [9.17, 15) is 0 Å². The van der Waals surface area contributed by atoms with Crippen molar-refractivity contribution in [2.75, 3.05) is 30.8 Å². The first-order valence-corrected chi connectivity index (χ1v) is 7.46. The highest BCUT2D eigenvalue weighted by Gasteiger charge is 2.06. The van der Waals surface area contributed by atoms with Crippen LogP contribution in [0.25, 0.3) is 0 Å². The molecular weight excluding hydrogens is 260 g/mol. The lowest BCUT2D eigenvalue weighted by molar-refractivity contribution is 0.414. The third kappa shape index (κ3) is 4.42. The van der Waals surface area contributed by atoms with Gasteiger partial charge in [-0.15, -0.1) is 0 Å². The molecule has 21 heavy (non-hydrogen) atoms. The number of rotatable bonds is 7. The van der Waals surface area contributed by atoms with Crippen LogP contribution in [-0.2, 0) is 6.42 Å². The van der Waals surface area contributed by atoms with Gasteiger partial charge in [-0.05, 0) is 54.8 Å². The summed E-state index contributed by atoms with van der Waals surface area (Å²) >= 11 is 0. The second-order valence-electron chi connectivity index (χ2n) is 5.18. The van der Waals surface area contributed by atoms with E-state index in [1.165, 1.54) is 11.3 Å². The van der Waals surface area contributed by atoms with Crippen LogP contribution in [0.3, 0.4) is 0 Å². The standard InChI is InChI=1S/C18H24N2O/c1-3-13-20(17-8-6-16(19)7-9-17)14-12-15-4-10-18(21-2)11-5-15/h4-11H,3,12-14,19H2,1-2H3. The van der Waals surface area contributed by atoms with Crippen molar-refractivity contribution in [2.24, 2.45) is 0 Å². The van der Waals surface area contributed by atoms with E-state index in [0.29, 0.717) is 0 Å². The number of ether oxygens (including phenoxy) is 1. The molecule has 0 bridgehead atoms. The van der Waals surface area contributed by atoms with Crippen molar-refractivity contribution in [3.05, 3.63) is 54.1 Å². The minimum atomic E-state index is 0.811. The molecule has 3 nitrogen and oxygen atoms in total. The molecule has 0 unspecified atom stereocenters.